The van der Waals surface area contributed by atoms with Crippen LogP contribution in [0.1, 0.15) is 24.5 Å². The normalized spacial score (nSPS) is 14.7. The van der Waals surface area contributed by atoms with Gasteiger partial charge in [0, 0.05) is 56.1 Å². The molecule has 2 amide bonds. The minimum atomic E-state index is -0.0142. The predicted octanol–water partition coefficient (Wildman–Crippen LogP) is 3.28. The van der Waals surface area contributed by atoms with Crippen molar-refractivity contribution in [1.29, 1.82) is 0 Å². The van der Waals surface area contributed by atoms with E-state index in [0.29, 0.717) is 39.3 Å². The second-order valence-corrected chi connectivity index (χ2v) is 8.72. The lowest BCUT2D eigenvalue weighted by atomic mass is 10.1. The Morgan fingerprint density at radius 1 is 0.971 bits per heavy atom. The van der Waals surface area contributed by atoms with Crippen LogP contribution in [0.5, 0.6) is 0 Å². The zero-order valence-corrected chi connectivity index (χ0v) is 20.3. The summed E-state index contributed by atoms with van der Waals surface area (Å²) < 4.78 is 1.92. The van der Waals surface area contributed by atoms with Crippen molar-refractivity contribution < 1.29 is 9.59 Å². The van der Waals surface area contributed by atoms with Gasteiger partial charge in [-0.15, -0.1) is 0 Å². The summed E-state index contributed by atoms with van der Waals surface area (Å²) in [7, 11) is 0. The molecule has 0 atom stereocenters. The molecule has 2 heterocycles. The van der Waals surface area contributed by atoms with Crippen molar-refractivity contribution in [2.75, 3.05) is 39.3 Å². The summed E-state index contributed by atoms with van der Waals surface area (Å²) in [5.41, 5.74) is 3.95. The molecule has 0 radical (unpaired) electrons. The Morgan fingerprint density at radius 2 is 1.71 bits per heavy atom. The monoisotopic (exact) mass is 471 g/mol. The highest BCUT2D eigenvalue weighted by molar-refractivity contribution is 5.93. The number of benzene rings is 2. The molecule has 0 unspecified atom stereocenters. The van der Waals surface area contributed by atoms with E-state index in [1.807, 2.05) is 77.3 Å². The Kier molecular flexibility index (Phi) is 8.46. The lowest BCUT2D eigenvalue weighted by Crippen LogP contribution is -2.39. The molecule has 0 spiro atoms. The molecule has 1 fully saturated rings. The third-order valence-corrected chi connectivity index (χ3v) is 6.07. The third kappa shape index (κ3) is 6.90. The zero-order valence-electron chi connectivity index (χ0n) is 20.3. The molecule has 2 aromatic carbocycles. The van der Waals surface area contributed by atoms with E-state index in [2.05, 4.69) is 22.3 Å². The molecule has 1 saturated heterocycles. The predicted molar refractivity (Wildman–Crippen MR) is 139 cm³/mol. The number of carbonyl (C=O) groups is 2. The summed E-state index contributed by atoms with van der Waals surface area (Å²) in [6.45, 7) is 6.41. The van der Waals surface area contributed by atoms with Crippen molar-refractivity contribution in [3.8, 4) is 11.3 Å². The maximum Gasteiger partial charge on any atom is 0.246 e. The molecule has 0 aliphatic carbocycles. The van der Waals surface area contributed by atoms with Crippen LogP contribution in [0.2, 0.25) is 0 Å². The molecule has 4 rings (SSSR count). The average molecular weight is 472 g/mol. The first-order chi connectivity index (χ1) is 17.1. The van der Waals surface area contributed by atoms with Crippen molar-refractivity contribution in [3.63, 3.8) is 0 Å². The van der Waals surface area contributed by atoms with Crippen molar-refractivity contribution in [3.05, 3.63) is 84.1 Å². The number of hydrogen-bond donors (Lipinski definition) is 1. The smallest absolute Gasteiger partial charge is 0.246 e. The van der Waals surface area contributed by atoms with Gasteiger partial charge in [-0.25, -0.2) is 0 Å². The van der Waals surface area contributed by atoms with Gasteiger partial charge in [0.1, 0.15) is 0 Å². The van der Waals surface area contributed by atoms with Crippen molar-refractivity contribution in [2.45, 2.75) is 19.9 Å². The Hall–Kier alpha value is -3.71. The number of rotatable bonds is 8. The van der Waals surface area contributed by atoms with Gasteiger partial charge in [0.05, 0.1) is 18.8 Å². The number of amides is 2. The largest absolute Gasteiger partial charge is 0.355 e. The first-order valence-electron chi connectivity index (χ1n) is 12.2. The summed E-state index contributed by atoms with van der Waals surface area (Å²) in [6, 6.07) is 20.3. The van der Waals surface area contributed by atoms with Crippen LogP contribution in [0.15, 0.2) is 72.9 Å². The topological polar surface area (TPSA) is 70.5 Å². The fraction of sp³-hybridized carbons (Fsp3) is 0.321. The van der Waals surface area contributed by atoms with E-state index in [4.69, 9.17) is 5.10 Å². The molecule has 0 saturated carbocycles. The summed E-state index contributed by atoms with van der Waals surface area (Å²) in [6.07, 6.45) is 6.37. The Balaban J connectivity index is 1.46. The lowest BCUT2D eigenvalue weighted by Gasteiger charge is -2.20. The summed E-state index contributed by atoms with van der Waals surface area (Å²) in [4.78, 5) is 28.9. The van der Waals surface area contributed by atoms with Crippen LogP contribution in [0, 0.1) is 0 Å². The second kappa shape index (κ2) is 12.1. The fourth-order valence-corrected chi connectivity index (χ4v) is 4.30. The molecule has 7 nitrogen and oxygen atoms in total. The number of likely N-dealkylation sites (N-methyl/N-ethyl adjacent to an activating group) is 1. The van der Waals surface area contributed by atoms with E-state index in [1.54, 1.807) is 6.08 Å². The number of carbonyl (C=O) groups excluding carboxylic acids is 2. The number of nitrogens with zero attached hydrogens (tertiary/aromatic N) is 4. The van der Waals surface area contributed by atoms with E-state index >= 15 is 0 Å². The van der Waals surface area contributed by atoms with Crippen molar-refractivity contribution >= 4 is 17.9 Å². The third-order valence-electron chi connectivity index (χ3n) is 6.07. The van der Waals surface area contributed by atoms with E-state index < -0.39 is 0 Å². The maximum absolute atomic E-state index is 13.0. The summed E-state index contributed by atoms with van der Waals surface area (Å²) >= 11 is 0. The Bertz CT molecular complexity index is 1140. The van der Waals surface area contributed by atoms with Crippen molar-refractivity contribution in [1.82, 2.24) is 24.9 Å². The molecular formula is C28H33N5O2. The number of nitrogens with one attached hydrogen (secondary N) is 1. The van der Waals surface area contributed by atoms with Gasteiger partial charge < -0.3 is 10.2 Å². The van der Waals surface area contributed by atoms with Gasteiger partial charge in [0.15, 0.2) is 0 Å². The van der Waals surface area contributed by atoms with E-state index in [-0.39, 0.29) is 11.8 Å². The van der Waals surface area contributed by atoms with Crippen LogP contribution < -0.4 is 5.32 Å². The molecular weight excluding hydrogens is 438 g/mol. The first kappa shape index (κ1) is 24.4. The molecule has 35 heavy (non-hydrogen) atoms. The zero-order chi connectivity index (χ0) is 24.5. The summed E-state index contributed by atoms with van der Waals surface area (Å²) in [5.74, 6) is 0.0211. The van der Waals surface area contributed by atoms with Gasteiger partial charge in [-0.05, 0) is 25.0 Å². The molecule has 1 aliphatic rings. The Morgan fingerprint density at radius 3 is 2.46 bits per heavy atom. The number of hydrogen-bond acceptors (Lipinski definition) is 4. The highest BCUT2D eigenvalue weighted by Gasteiger charge is 2.19. The SMILES string of the molecule is CCNC(=O)CN1CCCN(C(=O)C=Cc2cn(Cc3ccccc3)nc2-c2ccccc2)CC1. The van der Waals surface area contributed by atoms with Crippen LogP contribution in [0.3, 0.4) is 0 Å². The van der Waals surface area contributed by atoms with E-state index in [0.717, 1.165) is 29.8 Å². The second-order valence-electron chi connectivity index (χ2n) is 8.72. The van der Waals surface area contributed by atoms with Gasteiger partial charge in [-0.1, -0.05) is 60.7 Å². The first-order valence-corrected chi connectivity index (χ1v) is 12.2. The van der Waals surface area contributed by atoms with Crippen LogP contribution in [0.4, 0.5) is 0 Å². The van der Waals surface area contributed by atoms with E-state index in [1.165, 1.54) is 5.56 Å². The number of aromatic nitrogens is 2. The molecule has 182 valence electrons. The minimum Gasteiger partial charge on any atom is -0.355 e. The molecule has 1 aromatic heterocycles. The van der Waals surface area contributed by atoms with Gasteiger partial charge >= 0.3 is 0 Å². The van der Waals surface area contributed by atoms with Gasteiger partial charge in [0.25, 0.3) is 0 Å². The van der Waals surface area contributed by atoms with Gasteiger partial charge in [0.2, 0.25) is 11.8 Å². The molecule has 0 bridgehead atoms. The Labute approximate surface area is 207 Å². The summed E-state index contributed by atoms with van der Waals surface area (Å²) in [5, 5.41) is 7.67. The molecule has 3 aromatic rings. The van der Waals surface area contributed by atoms with Crippen molar-refractivity contribution in [2.24, 2.45) is 0 Å². The molecule has 1 N–H and O–H groups in total. The fourth-order valence-electron chi connectivity index (χ4n) is 4.30. The van der Waals surface area contributed by atoms with Gasteiger partial charge in [-0.2, -0.15) is 5.10 Å². The standard InChI is InChI=1S/C28H33N5O2/c1-2-29-26(34)22-31-16-9-17-32(19-18-31)27(35)15-14-25-21-33(20-23-10-5-3-6-11-23)30-28(25)24-12-7-4-8-13-24/h3-8,10-15,21H,2,9,16-20,22H2,1H3,(H,29,34). The van der Waals surface area contributed by atoms with Gasteiger partial charge in [-0.3, -0.25) is 19.2 Å². The van der Waals surface area contributed by atoms with Crippen LogP contribution >= 0.6 is 0 Å². The highest BCUT2D eigenvalue weighted by Crippen LogP contribution is 2.23. The maximum atomic E-state index is 13.0. The van der Waals surface area contributed by atoms with Crippen LogP contribution in [-0.2, 0) is 16.1 Å². The lowest BCUT2D eigenvalue weighted by molar-refractivity contribution is -0.125. The highest BCUT2D eigenvalue weighted by atomic mass is 16.2. The van der Waals surface area contributed by atoms with E-state index in [9.17, 15) is 9.59 Å². The van der Waals surface area contributed by atoms with Crippen LogP contribution in [0.25, 0.3) is 17.3 Å². The minimum absolute atomic E-state index is 0.0142. The van der Waals surface area contributed by atoms with Crippen LogP contribution in [-0.4, -0.2) is 70.7 Å². The molecule has 7 heteroatoms. The molecule has 1 aliphatic heterocycles. The average Bonchev–Trinajstić information content (AvgIpc) is 3.13. The quantitative estimate of drug-likeness (QED) is 0.512.